The summed E-state index contributed by atoms with van der Waals surface area (Å²) in [6, 6.07) is 2.49. The normalized spacial score (nSPS) is 19.6. The molecule has 0 spiro atoms. The molecule has 0 saturated carbocycles. The highest BCUT2D eigenvalue weighted by atomic mass is 32.1. The molecule has 2 aromatic heterocycles. The molecule has 1 N–H and O–H groups in total. The molecule has 12 heteroatoms. The molecule has 3 atom stereocenters. The van der Waals surface area contributed by atoms with Crippen molar-refractivity contribution in [3.63, 3.8) is 0 Å². The number of rotatable bonds is 5. The quantitative estimate of drug-likeness (QED) is 0.677. The van der Waals surface area contributed by atoms with Crippen LogP contribution in [0.3, 0.4) is 0 Å². The Bertz CT molecular complexity index is 1080. The van der Waals surface area contributed by atoms with Crippen molar-refractivity contribution in [1.29, 1.82) is 5.26 Å². The Morgan fingerprint density at radius 3 is 2.79 bits per heavy atom. The van der Waals surface area contributed by atoms with Crippen LogP contribution >= 0.6 is 11.3 Å². The first-order chi connectivity index (χ1) is 15.5. The summed E-state index contributed by atoms with van der Waals surface area (Å²) in [5.41, 5.74) is -0.932. The summed E-state index contributed by atoms with van der Waals surface area (Å²) >= 11 is 0.801. The van der Waals surface area contributed by atoms with Crippen molar-refractivity contribution in [1.82, 2.24) is 15.2 Å². The average molecular weight is 485 g/mol. The van der Waals surface area contributed by atoms with Gasteiger partial charge in [-0.3, -0.25) is 4.79 Å². The fourth-order valence-electron chi connectivity index (χ4n) is 3.64. The van der Waals surface area contributed by atoms with Crippen molar-refractivity contribution < 1.29 is 32.2 Å². The highest BCUT2D eigenvalue weighted by Gasteiger charge is 2.37. The molecule has 0 unspecified atom stereocenters. The third-order valence-corrected chi connectivity index (χ3v) is 6.31. The molecule has 3 heterocycles. The fourth-order valence-corrected chi connectivity index (χ4v) is 4.66. The van der Waals surface area contributed by atoms with E-state index in [1.54, 1.807) is 13.8 Å². The third kappa shape index (κ3) is 5.47. The van der Waals surface area contributed by atoms with Crippen LogP contribution in [-0.2, 0) is 10.9 Å². The van der Waals surface area contributed by atoms with Crippen LogP contribution in [-0.4, -0.2) is 53.7 Å². The van der Waals surface area contributed by atoms with Crippen LogP contribution in [0.25, 0.3) is 10.2 Å². The zero-order chi connectivity index (χ0) is 24.3. The van der Waals surface area contributed by atoms with E-state index < -0.39 is 35.9 Å². The molecule has 1 fully saturated rings. The number of fused-ring (bicyclic) bond motifs is 1. The Morgan fingerprint density at radius 1 is 1.45 bits per heavy atom. The fraction of sp³-hybridized carbons (Fsp3) is 0.524. The summed E-state index contributed by atoms with van der Waals surface area (Å²) in [5, 5.41) is 12.4. The Balaban J connectivity index is 1.79. The molecule has 3 rings (SSSR count). The maximum atomic E-state index is 13.7. The smallest absolute Gasteiger partial charge is 0.418 e. The number of amides is 2. The second-order valence-corrected chi connectivity index (χ2v) is 8.65. The highest BCUT2D eigenvalue weighted by molar-refractivity contribution is 7.17. The molecule has 2 amide bonds. The molecule has 1 aliphatic heterocycles. The molecule has 0 radical (unpaired) electrons. The lowest BCUT2D eigenvalue weighted by atomic mass is 10.0. The lowest BCUT2D eigenvalue weighted by molar-refractivity contribution is -0.136. The summed E-state index contributed by atoms with van der Waals surface area (Å²) in [6.07, 6.45) is -5.42. The van der Waals surface area contributed by atoms with Crippen molar-refractivity contribution in [2.45, 2.75) is 57.5 Å². The van der Waals surface area contributed by atoms with Gasteiger partial charge in [0.15, 0.2) is 0 Å². The number of nitriles is 1. The first-order valence-corrected chi connectivity index (χ1v) is 11.2. The number of ether oxygens (including phenoxy) is 2. The molecule has 2 aromatic rings. The van der Waals surface area contributed by atoms with Crippen molar-refractivity contribution >= 4 is 33.6 Å². The number of nitrogens with one attached hydrogen (secondary N) is 1. The molecule has 33 heavy (non-hydrogen) atoms. The van der Waals surface area contributed by atoms with Gasteiger partial charge in [0.1, 0.15) is 12.2 Å². The molecule has 8 nitrogen and oxygen atoms in total. The van der Waals surface area contributed by atoms with E-state index in [2.05, 4.69) is 10.3 Å². The molecular formula is C21H23F3N4O4S. The van der Waals surface area contributed by atoms with Gasteiger partial charge in [0, 0.05) is 43.9 Å². The molecule has 0 aromatic carbocycles. The number of nitrogens with zero attached hydrogens (tertiary/aromatic N) is 3. The summed E-state index contributed by atoms with van der Waals surface area (Å²) in [7, 11) is 1.39. The Kier molecular flexibility index (Phi) is 7.31. The Hall–Kier alpha value is -3.07. The maximum absolute atomic E-state index is 13.7. The van der Waals surface area contributed by atoms with Gasteiger partial charge in [0.2, 0.25) is 5.88 Å². The maximum Gasteiger partial charge on any atom is 0.418 e. The number of hydrogen-bond acceptors (Lipinski definition) is 7. The Labute approximate surface area is 192 Å². The zero-order valence-corrected chi connectivity index (χ0v) is 19.0. The van der Waals surface area contributed by atoms with Gasteiger partial charge >= 0.3 is 12.3 Å². The summed E-state index contributed by atoms with van der Waals surface area (Å²) < 4.78 is 51.9. The van der Waals surface area contributed by atoms with Gasteiger partial charge in [0.05, 0.1) is 33.8 Å². The predicted molar refractivity (Wildman–Crippen MR) is 114 cm³/mol. The Morgan fingerprint density at radius 2 is 2.18 bits per heavy atom. The minimum Gasteiger partial charge on any atom is -0.474 e. The van der Waals surface area contributed by atoms with Gasteiger partial charge in [-0.25, -0.2) is 9.78 Å². The van der Waals surface area contributed by atoms with E-state index in [1.165, 1.54) is 17.3 Å². The van der Waals surface area contributed by atoms with Gasteiger partial charge in [0.25, 0.3) is 5.91 Å². The monoisotopic (exact) mass is 484 g/mol. The van der Waals surface area contributed by atoms with Crippen LogP contribution in [0, 0.1) is 11.3 Å². The lowest BCUT2D eigenvalue weighted by Gasteiger charge is -2.37. The number of hydrogen-bond donors (Lipinski definition) is 1. The first-order valence-electron chi connectivity index (χ1n) is 10.3. The van der Waals surface area contributed by atoms with Crippen LogP contribution < -0.4 is 10.1 Å². The third-order valence-electron chi connectivity index (χ3n) is 5.31. The van der Waals surface area contributed by atoms with Gasteiger partial charge < -0.3 is 19.7 Å². The summed E-state index contributed by atoms with van der Waals surface area (Å²) in [5.74, 6) is -0.764. The second kappa shape index (κ2) is 9.82. The van der Waals surface area contributed by atoms with Crippen LogP contribution in [0.5, 0.6) is 5.88 Å². The van der Waals surface area contributed by atoms with E-state index >= 15 is 0 Å². The van der Waals surface area contributed by atoms with E-state index in [1.807, 2.05) is 6.07 Å². The average Bonchev–Trinajstić information content (AvgIpc) is 3.15. The van der Waals surface area contributed by atoms with E-state index in [-0.39, 0.29) is 40.7 Å². The van der Waals surface area contributed by atoms with E-state index in [9.17, 15) is 22.8 Å². The van der Waals surface area contributed by atoms with Crippen molar-refractivity contribution in [2.75, 3.05) is 13.6 Å². The molecule has 0 bridgehead atoms. The van der Waals surface area contributed by atoms with E-state index in [0.29, 0.717) is 12.8 Å². The molecule has 178 valence electrons. The minimum absolute atomic E-state index is 0.0471. The molecule has 1 aliphatic rings. The van der Waals surface area contributed by atoms with E-state index in [0.717, 1.165) is 17.4 Å². The van der Waals surface area contributed by atoms with Crippen molar-refractivity contribution in [3.8, 4) is 11.9 Å². The largest absolute Gasteiger partial charge is 0.474 e. The molecular weight excluding hydrogens is 461 g/mol. The topological polar surface area (TPSA) is 105 Å². The number of thiophene rings is 1. The lowest BCUT2D eigenvalue weighted by Crippen LogP contribution is -2.48. The number of aromatic nitrogens is 1. The second-order valence-electron chi connectivity index (χ2n) is 7.78. The number of alkyl halides is 3. The first kappa shape index (κ1) is 24.6. The standard InChI is InChI=1S/C21H23F3N4O4S/c1-11-8-13(5-7-28(11)20(30)31-12(2)4-6-25)32-16-9-15(21(22,23)24)18-17(27-16)14(10-33-18)19(29)26-3/h9-13H,4-5,7-8H2,1-3H3,(H,26,29)/t11-,12+,13-/m1/s1. The number of pyridine rings is 1. The van der Waals surface area contributed by atoms with Crippen LogP contribution in [0.1, 0.15) is 49.0 Å². The van der Waals surface area contributed by atoms with Crippen molar-refractivity contribution in [2.24, 2.45) is 0 Å². The summed E-state index contributed by atoms with van der Waals surface area (Å²) in [6.45, 7) is 3.69. The SMILES string of the molecule is CNC(=O)c1csc2c(C(F)(F)F)cc(O[C@@H]3CCN(C(=O)O[C@@H](C)CC#N)[C@H](C)C3)nc12. The van der Waals surface area contributed by atoms with Gasteiger partial charge in [-0.05, 0) is 13.8 Å². The minimum atomic E-state index is -4.65. The number of likely N-dealkylation sites (tertiary alicyclic amines) is 1. The number of halogens is 3. The number of carbonyl (C=O) groups is 2. The predicted octanol–water partition coefficient (Wildman–Crippen LogP) is 4.35. The molecule has 1 saturated heterocycles. The zero-order valence-electron chi connectivity index (χ0n) is 18.2. The van der Waals surface area contributed by atoms with Crippen LogP contribution in [0.2, 0.25) is 0 Å². The van der Waals surface area contributed by atoms with E-state index in [4.69, 9.17) is 14.7 Å². The van der Waals surface area contributed by atoms with Crippen LogP contribution in [0.4, 0.5) is 18.0 Å². The van der Waals surface area contributed by atoms with Gasteiger partial charge in [-0.2, -0.15) is 18.4 Å². The highest BCUT2D eigenvalue weighted by Crippen LogP contribution is 2.40. The number of piperidine rings is 1. The van der Waals surface area contributed by atoms with Crippen molar-refractivity contribution in [3.05, 3.63) is 22.6 Å². The number of carbonyl (C=O) groups excluding carboxylic acids is 2. The molecule has 0 aliphatic carbocycles. The summed E-state index contributed by atoms with van der Waals surface area (Å²) in [4.78, 5) is 30.1. The van der Waals surface area contributed by atoms with Gasteiger partial charge in [-0.15, -0.1) is 11.3 Å². The van der Waals surface area contributed by atoms with Crippen LogP contribution in [0.15, 0.2) is 11.4 Å². The van der Waals surface area contributed by atoms with Gasteiger partial charge in [-0.1, -0.05) is 0 Å².